The van der Waals surface area contributed by atoms with Crippen molar-refractivity contribution >= 4 is 12.4 Å². The number of hydroxylamine groups is 2. The van der Waals surface area contributed by atoms with E-state index >= 15 is 0 Å². The number of amides is 1. The monoisotopic (exact) mass is 231 g/mol. The molecule has 2 unspecified atom stereocenters. The molecule has 0 aliphatic carbocycles. The van der Waals surface area contributed by atoms with Gasteiger partial charge in [-0.25, -0.2) is 9.90 Å². The molecule has 1 heterocycles. The molecular weight excluding hydrogens is 214 g/mol. The maximum Gasteiger partial charge on any atom is 0.305 e. The zero-order chi connectivity index (χ0) is 12.0. The molecule has 0 aromatic heterocycles. The minimum atomic E-state index is -0.965. The van der Waals surface area contributed by atoms with Crippen molar-refractivity contribution in [2.45, 2.75) is 44.9 Å². The van der Waals surface area contributed by atoms with Crippen LogP contribution in [0.15, 0.2) is 0 Å². The van der Waals surface area contributed by atoms with E-state index in [0.29, 0.717) is 13.0 Å². The summed E-state index contributed by atoms with van der Waals surface area (Å²) < 4.78 is 5.30. The zero-order valence-electron chi connectivity index (χ0n) is 9.30. The van der Waals surface area contributed by atoms with Gasteiger partial charge in [0.15, 0.2) is 6.29 Å². The van der Waals surface area contributed by atoms with Gasteiger partial charge in [-0.05, 0) is 19.8 Å². The summed E-state index contributed by atoms with van der Waals surface area (Å²) in [5.41, 5.74) is 0. The van der Waals surface area contributed by atoms with Crippen LogP contribution in [-0.2, 0) is 19.2 Å². The van der Waals surface area contributed by atoms with Crippen molar-refractivity contribution in [1.29, 1.82) is 0 Å². The molecule has 1 saturated heterocycles. The lowest BCUT2D eigenvalue weighted by Crippen LogP contribution is -2.39. The van der Waals surface area contributed by atoms with Crippen molar-refractivity contribution in [3.8, 4) is 0 Å². The summed E-state index contributed by atoms with van der Waals surface area (Å²) in [5.74, 6) is -0.965. The van der Waals surface area contributed by atoms with Gasteiger partial charge < -0.3 is 9.84 Å². The predicted octanol–water partition coefficient (Wildman–Crippen LogP) is 0.766. The highest BCUT2D eigenvalue weighted by Gasteiger charge is 2.22. The fraction of sp³-hybridized carbons (Fsp3) is 0.800. The molecule has 2 atom stereocenters. The van der Waals surface area contributed by atoms with E-state index in [4.69, 9.17) is 14.7 Å². The van der Waals surface area contributed by atoms with Crippen LogP contribution in [0.1, 0.15) is 32.6 Å². The highest BCUT2D eigenvalue weighted by Crippen LogP contribution is 2.16. The first-order valence-corrected chi connectivity index (χ1v) is 5.37. The zero-order valence-corrected chi connectivity index (χ0v) is 9.30. The quantitative estimate of drug-likeness (QED) is 0.539. The van der Waals surface area contributed by atoms with E-state index in [0.717, 1.165) is 24.3 Å². The summed E-state index contributed by atoms with van der Waals surface area (Å²) in [5, 5.41) is 9.62. The summed E-state index contributed by atoms with van der Waals surface area (Å²) in [6.45, 7) is 2.23. The highest BCUT2D eigenvalue weighted by molar-refractivity contribution is 5.67. The van der Waals surface area contributed by atoms with Gasteiger partial charge in [-0.2, -0.15) is 0 Å². The third-order valence-corrected chi connectivity index (χ3v) is 2.39. The third kappa shape index (κ3) is 4.16. The largest absolute Gasteiger partial charge is 0.481 e. The number of carboxylic acids is 1. The molecule has 0 bridgehead atoms. The molecule has 6 nitrogen and oxygen atoms in total. The van der Waals surface area contributed by atoms with Gasteiger partial charge >= 0.3 is 5.97 Å². The molecule has 0 spiro atoms. The molecule has 6 heteroatoms. The molecular formula is C10H17NO5. The van der Waals surface area contributed by atoms with Crippen molar-refractivity contribution in [1.82, 2.24) is 5.06 Å². The Morgan fingerprint density at radius 2 is 2.44 bits per heavy atom. The molecule has 1 fully saturated rings. The third-order valence-electron chi connectivity index (χ3n) is 2.39. The fourth-order valence-electron chi connectivity index (χ4n) is 1.51. The van der Waals surface area contributed by atoms with Crippen LogP contribution in [0.2, 0.25) is 0 Å². The Morgan fingerprint density at radius 3 is 2.94 bits per heavy atom. The van der Waals surface area contributed by atoms with E-state index in [2.05, 4.69) is 0 Å². The Bertz CT molecular complexity index is 239. The first kappa shape index (κ1) is 12.9. The molecule has 0 aromatic rings. The van der Waals surface area contributed by atoms with E-state index in [1.54, 1.807) is 6.92 Å². The fourth-order valence-corrected chi connectivity index (χ4v) is 1.51. The normalized spacial score (nSPS) is 22.4. The van der Waals surface area contributed by atoms with Gasteiger partial charge in [0.05, 0.1) is 12.5 Å². The van der Waals surface area contributed by atoms with E-state index in [9.17, 15) is 9.59 Å². The first-order valence-electron chi connectivity index (χ1n) is 5.37. The molecule has 0 radical (unpaired) electrons. The Labute approximate surface area is 94.1 Å². The number of hydrogen-bond donors (Lipinski definition) is 1. The Balaban J connectivity index is 2.40. The van der Waals surface area contributed by atoms with Gasteiger partial charge in [-0.3, -0.25) is 9.59 Å². The number of rotatable bonds is 6. The topological polar surface area (TPSA) is 76.1 Å². The first-order chi connectivity index (χ1) is 7.63. The smallest absolute Gasteiger partial charge is 0.305 e. The number of carbonyl (C=O) groups excluding carboxylic acids is 1. The number of aliphatic carboxylic acids is 1. The lowest BCUT2D eigenvalue weighted by atomic mass is 10.2. The van der Waals surface area contributed by atoms with Crippen molar-refractivity contribution in [2.24, 2.45) is 0 Å². The lowest BCUT2D eigenvalue weighted by Gasteiger charge is -2.29. The Kier molecular flexibility index (Phi) is 5.21. The average Bonchev–Trinajstić information content (AvgIpc) is 2.26. The lowest BCUT2D eigenvalue weighted by molar-refractivity contribution is -0.284. The van der Waals surface area contributed by atoms with Crippen LogP contribution in [-0.4, -0.2) is 41.5 Å². The van der Waals surface area contributed by atoms with E-state index in [-0.39, 0.29) is 6.42 Å². The van der Waals surface area contributed by atoms with Crippen LogP contribution < -0.4 is 0 Å². The molecule has 1 N–H and O–H groups in total. The van der Waals surface area contributed by atoms with Gasteiger partial charge in [0, 0.05) is 13.0 Å². The van der Waals surface area contributed by atoms with Gasteiger partial charge in [0.1, 0.15) is 0 Å². The van der Waals surface area contributed by atoms with E-state index < -0.39 is 18.3 Å². The molecule has 0 aromatic carbocycles. The van der Waals surface area contributed by atoms with Gasteiger partial charge in [-0.1, -0.05) is 0 Å². The summed E-state index contributed by atoms with van der Waals surface area (Å²) in [6.07, 6.45) is 2.62. The molecule has 1 aliphatic rings. The molecule has 1 rings (SSSR count). The van der Waals surface area contributed by atoms with Crippen molar-refractivity contribution in [3.05, 3.63) is 0 Å². The number of ether oxygens (including phenoxy) is 1. The minimum absolute atomic E-state index is 0.147. The van der Waals surface area contributed by atoms with Gasteiger partial charge in [0.2, 0.25) is 6.41 Å². The number of carboxylic acid groups (broad SMARTS) is 1. The average molecular weight is 231 g/mol. The number of nitrogens with zero attached hydrogens (tertiary/aromatic N) is 1. The van der Waals surface area contributed by atoms with Crippen LogP contribution in [0.3, 0.4) is 0 Å². The number of hydrogen-bond acceptors (Lipinski definition) is 4. The van der Waals surface area contributed by atoms with Crippen molar-refractivity contribution in [3.63, 3.8) is 0 Å². The second-order valence-corrected chi connectivity index (χ2v) is 3.81. The summed E-state index contributed by atoms with van der Waals surface area (Å²) >= 11 is 0. The standard InChI is InChI=1S/C10H17NO5/c1-8(6-9(13)14)11(7-12)16-10-4-2-3-5-15-10/h7-8,10H,2-6H2,1H3,(H,13,14). The summed E-state index contributed by atoms with van der Waals surface area (Å²) in [4.78, 5) is 26.5. The molecule has 1 aliphatic heterocycles. The van der Waals surface area contributed by atoms with Gasteiger partial charge in [-0.15, -0.1) is 0 Å². The molecule has 0 saturated carbocycles. The SMILES string of the molecule is CC(CC(=O)O)N(C=O)OC1CCCCO1. The van der Waals surface area contributed by atoms with Crippen LogP contribution in [0.4, 0.5) is 0 Å². The van der Waals surface area contributed by atoms with Crippen molar-refractivity contribution < 1.29 is 24.3 Å². The van der Waals surface area contributed by atoms with Gasteiger partial charge in [0.25, 0.3) is 0 Å². The van der Waals surface area contributed by atoms with Crippen LogP contribution in [0.5, 0.6) is 0 Å². The summed E-state index contributed by atoms with van der Waals surface area (Å²) in [7, 11) is 0. The number of carbonyl (C=O) groups is 2. The second-order valence-electron chi connectivity index (χ2n) is 3.81. The second kappa shape index (κ2) is 6.44. The van der Waals surface area contributed by atoms with Crippen molar-refractivity contribution in [2.75, 3.05) is 6.61 Å². The molecule has 1 amide bonds. The molecule has 92 valence electrons. The molecule has 16 heavy (non-hydrogen) atoms. The maximum atomic E-state index is 10.8. The van der Waals surface area contributed by atoms with Crippen LogP contribution >= 0.6 is 0 Å². The highest BCUT2D eigenvalue weighted by atomic mass is 16.8. The van der Waals surface area contributed by atoms with E-state index in [1.165, 1.54) is 0 Å². The summed E-state index contributed by atoms with van der Waals surface area (Å²) in [6, 6.07) is -0.500. The predicted molar refractivity (Wildman–Crippen MR) is 54.3 cm³/mol. The van der Waals surface area contributed by atoms with E-state index in [1.807, 2.05) is 0 Å². The van der Waals surface area contributed by atoms with Crippen LogP contribution in [0, 0.1) is 0 Å². The minimum Gasteiger partial charge on any atom is -0.481 e. The maximum absolute atomic E-state index is 10.8. The Hall–Kier alpha value is -1.14. The van der Waals surface area contributed by atoms with Crippen LogP contribution in [0.25, 0.3) is 0 Å². The Morgan fingerprint density at radius 1 is 1.69 bits per heavy atom.